The second-order valence-corrected chi connectivity index (χ2v) is 10.9. The minimum Gasteiger partial charge on any atom is -0.424 e. The molecule has 0 aliphatic heterocycles. The monoisotopic (exact) mass is 487 g/mol. The van der Waals surface area contributed by atoms with Gasteiger partial charge in [-0.05, 0) is 66.8 Å². The molecule has 1 unspecified atom stereocenters. The van der Waals surface area contributed by atoms with Gasteiger partial charge in [0.25, 0.3) is 0 Å². The average molecular weight is 488 g/mol. The zero-order chi connectivity index (χ0) is 25.8. The molecule has 0 bridgehead atoms. The maximum atomic E-state index is 13.7. The summed E-state index contributed by atoms with van der Waals surface area (Å²) >= 11 is 0. The summed E-state index contributed by atoms with van der Waals surface area (Å²) in [6.07, 6.45) is 15.5. The van der Waals surface area contributed by atoms with Crippen LogP contribution in [0.4, 0.5) is 0 Å². The lowest BCUT2D eigenvalue weighted by atomic mass is 9.69. The van der Waals surface area contributed by atoms with Crippen LogP contribution in [0, 0.1) is 17.2 Å². The van der Waals surface area contributed by atoms with Gasteiger partial charge in [-0.25, -0.2) is 0 Å². The van der Waals surface area contributed by atoms with E-state index >= 15 is 0 Å². The Labute approximate surface area is 219 Å². The predicted molar refractivity (Wildman–Crippen MR) is 148 cm³/mol. The smallest absolute Gasteiger partial charge is 0.321 e. The van der Waals surface area contributed by atoms with Crippen molar-refractivity contribution in [1.29, 1.82) is 5.26 Å². The van der Waals surface area contributed by atoms with E-state index in [1.165, 1.54) is 37.7 Å². The van der Waals surface area contributed by atoms with Crippen LogP contribution in [0.1, 0.15) is 120 Å². The van der Waals surface area contributed by atoms with E-state index in [0.29, 0.717) is 17.2 Å². The number of nitriles is 1. The third kappa shape index (κ3) is 7.45. The molecular weight excluding hydrogens is 442 g/mol. The molecule has 0 radical (unpaired) electrons. The average Bonchev–Trinajstić information content (AvgIpc) is 2.92. The second-order valence-electron chi connectivity index (χ2n) is 10.9. The molecule has 2 aromatic carbocycles. The van der Waals surface area contributed by atoms with Gasteiger partial charge in [-0.2, -0.15) is 5.26 Å². The molecule has 1 aliphatic carbocycles. The van der Waals surface area contributed by atoms with Gasteiger partial charge in [0.15, 0.2) is 0 Å². The zero-order valence-corrected chi connectivity index (χ0v) is 22.8. The Morgan fingerprint density at radius 2 is 1.61 bits per heavy atom. The first kappa shape index (κ1) is 28.0. The van der Waals surface area contributed by atoms with E-state index in [9.17, 15) is 10.1 Å². The molecule has 1 saturated carbocycles. The van der Waals surface area contributed by atoms with Crippen molar-refractivity contribution in [3.05, 3.63) is 64.7 Å². The Morgan fingerprint density at radius 3 is 2.28 bits per heavy atom. The number of aryl methyl sites for hydroxylation is 1. The molecule has 1 fully saturated rings. The number of carbonyl (C=O) groups is 1. The molecule has 0 aromatic heterocycles. The highest BCUT2D eigenvalue weighted by Gasteiger charge is 2.43. The molecular formula is C33H45NO2. The van der Waals surface area contributed by atoms with Gasteiger partial charge in [0.05, 0.1) is 11.0 Å². The number of hydrogen-bond acceptors (Lipinski definition) is 3. The molecule has 3 nitrogen and oxygen atoms in total. The lowest BCUT2D eigenvalue weighted by molar-refractivity contribution is -0.142. The quantitative estimate of drug-likeness (QED) is 0.161. The lowest BCUT2D eigenvalue weighted by Gasteiger charge is -2.35. The highest BCUT2D eigenvalue weighted by Crippen LogP contribution is 2.41. The summed E-state index contributed by atoms with van der Waals surface area (Å²) in [6, 6.07) is 16.7. The van der Waals surface area contributed by atoms with E-state index in [-0.39, 0.29) is 5.97 Å². The summed E-state index contributed by atoms with van der Waals surface area (Å²) in [7, 11) is 0. The second kappa shape index (κ2) is 14.2. The number of ether oxygens (including phenoxy) is 1. The molecule has 0 heterocycles. The number of nitrogens with zero attached hydrogens (tertiary/aromatic N) is 1. The molecule has 1 atom stereocenters. The van der Waals surface area contributed by atoms with E-state index in [1.54, 1.807) is 0 Å². The van der Waals surface area contributed by atoms with Crippen LogP contribution in [-0.2, 0) is 23.1 Å². The molecule has 0 N–H and O–H groups in total. The van der Waals surface area contributed by atoms with Crippen LogP contribution in [0.5, 0.6) is 5.75 Å². The van der Waals surface area contributed by atoms with Crippen LogP contribution < -0.4 is 4.74 Å². The molecule has 0 saturated heterocycles. The molecule has 3 rings (SSSR count). The summed E-state index contributed by atoms with van der Waals surface area (Å²) in [6.45, 7) is 6.74. The van der Waals surface area contributed by atoms with Crippen molar-refractivity contribution in [2.75, 3.05) is 0 Å². The van der Waals surface area contributed by atoms with Gasteiger partial charge < -0.3 is 4.74 Å². The van der Waals surface area contributed by atoms with Crippen LogP contribution in [0.3, 0.4) is 0 Å². The number of unbranched alkanes of at least 4 members (excludes halogenated alkanes) is 5. The number of rotatable bonds is 13. The maximum Gasteiger partial charge on any atom is 0.321 e. The Hall–Kier alpha value is -2.60. The lowest BCUT2D eigenvalue weighted by Crippen LogP contribution is -2.41. The fourth-order valence-electron chi connectivity index (χ4n) is 5.49. The summed E-state index contributed by atoms with van der Waals surface area (Å²) in [5, 5.41) is 9.80. The van der Waals surface area contributed by atoms with Crippen LogP contribution in [0.25, 0.3) is 0 Å². The number of esters is 1. The molecule has 2 aromatic rings. The van der Waals surface area contributed by atoms with E-state index < -0.39 is 5.41 Å². The first-order chi connectivity index (χ1) is 17.5. The summed E-state index contributed by atoms with van der Waals surface area (Å²) in [5.74, 6) is 0.836. The SMILES string of the molecule is CCCCCCCCc1ccc(OC(=O)C2(c3ccc(CC(C)CC)cc3)CCCCC2)c(C#N)c1. The number of carbonyl (C=O) groups excluding carboxylic acids is 1. The summed E-state index contributed by atoms with van der Waals surface area (Å²) in [4.78, 5) is 13.7. The topological polar surface area (TPSA) is 50.1 Å². The largest absolute Gasteiger partial charge is 0.424 e. The highest BCUT2D eigenvalue weighted by atomic mass is 16.5. The van der Waals surface area contributed by atoms with Crippen LogP contribution in [0.15, 0.2) is 42.5 Å². The maximum absolute atomic E-state index is 13.7. The Morgan fingerprint density at radius 1 is 0.944 bits per heavy atom. The molecule has 194 valence electrons. The predicted octanol–water partition coefficient (Wildman–Crippen LogP) is 8.86. The minimum atomic E-state index is -0.628. The van der Waals surface area contributed by atoms with Crippen LogP contribution in [0.2, 0.25) is 0 Å². The van der Waals surface area contributed by atoms with Gasteiger partial charge >= 0.3 is 5.97 Å². The first-order valence-corrected chi connectivity index (χ1v) is 14.4. The van der Waals surface area contributed by atoms with Crippen molar-refractivity contribution in [3.63, 3.8) is 0 Å². The summed E-state index contributed by atoms with van der Waals surface area (Å²) < 4.78 is 6.01. The van der Waals surface area contributed by atoms with Crippen molar-refractivity contribution in [2.24, 2.45) is 5.92 Å². The summed E-state index contributed by atoms with van der Waals surface area (Å²) in [5.41, 5.74) is 3.35. The first-order valence-electron chi connectivity index (χ1n) is 14.4. The Balaban J connectivity index is 1.72. The Bertz CT molecular complexity index is 995. The fourth-order valence-corrected chi connectivity index (χ4v) is 5.49. The molecule has 0 spiro atoms. The van der Waals surface area contributed by atoms with E-state index in [4.69, 9.17) is 4.74 Å². The van der Waals surface area contributed by atoms with Crippen molar-refractivity contribution in [1.82, 2.24) is 0 Å². The third-order valence-electron chi connectivity index (χ3n) is 8.07. The van der Waals surface area contributed by atoms with Gasteiger partial charge in [0.2, 0.25) is 0 Å². The highest BCUT2D eigenvalue weighted by molar-refractivity contribution is 5.85. The van der Waals surface area contributed by atoms with Crippen molar-refractivity contribution < 1.29 is 9.53 Å². The minimum absolute atomic E-state index is 0.211. The molecule has 0 amide bonds. The van der Waals surface area contributed by atoms with Gasteiger partial charge in [-0.15, -0.1) is 0 Å². The number of benzene rings is 2. The standard InChI is InChI=1S/C33H45NO2/c1-4-6-7-8-9-11-14-27-17-20-31(29(24-27)25-34)36-32(35)33(21-12-10-13-22-33)30-18-15-28(16-19-30)23-26(3)5-2/h15-20,24,26H,4-14,21-23H2,1-3H3. The van der Waals surface area contributed by atoms with Gasteiger partial charge in [0.1, 0.15) is 11.8 Å². The van der Waals surface area contributed by atoms with Crippen molar-refractivity contribution >= 4 is 5.97 Å². The van der Waals surface area contributed by atoms with Crippen LogP contribution >= 0.6 is 0 Å². The third-order valence-corrected chi connectivity index (χ3v) is 8.07. The van der Waals surface area contributed by atoms with E-state index in [2.05, 4.69) is 51.1 Å². The normalized spacial score (nSPS) is 15.7. The molecule has 36 heavy (non-hydrogen) atoms. The van der Waals surface area contributed by atoms with E-state index in [1.807, 2.05) is 18.2 Å². The molecule has 1 aliphatic rings. The number of hydrogen-bond donors (Lipinski definition) is 0. The van der Waals surface area contributed by atoms with Gasteiger partial charge in [0, 0.05) is 0 Å². The fraction of sp³-hybridized carbons (Fsp3) is 0.576. The zero-order valence-electron chi connectivity index (χ0n) is 22.8. The molecule has 3 heteroatoms. The van der Waals surface area contributed by atoms with E-state index in [0.717, 1.165) is 68.9 Å². The van der Waals surface area contributed by atoms with Crippen molar-refractivity contribution in [3.8, 4) is 11.8 Å². The Kier molecular flexibility index (Phi) is 11.1. The van der Waals surface area contributed by atoms with Gasteiger partial charge in [-0.3, -0.25) is 4.79 Å². The van der Waals surface area contributed by atoms with Crippen LogP contribution in [-0.4, -0.2) is 5.97 Å². The van der Waals surface area contributed by atoms with Crippen molar-refractivity contribution in [2.45, 2.75) is 116 Å². The van der Waals surface area contributed by atoms with Gasteiger partial charge in [-0.1, -0.05) is 109 Å².